The molecule has 92 valence electrons. The molecule has 1 unspecified atom stereocenters. The van der Waals surface area contributed by atoms with Gasteiger partial charge >= 0.3 is 5.97 Å². The first kappa shape index (κ1) is 13.5. The minimum atomic E-state index is -0.795. The molecule has 0 amide bonds. The topological polar surface area (TPSA) is 37.3 Å². The average Bonchev–Trinajstić information content (AvgIpc) is 2.27. The molecule has 0 aliphatic heterocycles. The van der Waals surface area contributed by atoms with Crippen molar-refractivity contribution in [3.05, 3.63) is 41.5 Å². The van der Waals surface area contributed by atoms with E-state index in [0.717, 1.165) is 17.5 Å². The fourth-order valence-electron chi connectivity index (χ4n) is 1.84. The number of carboxylic acids is 1. The van der Waals surface area contributed by atoms with Crippen molar-refractivity contribution in [2.75, 3.05) is 0 Å². The molecular weight excluding hydrogens is 212 g/mol. The van der Waals surface area contributed by atoms with E-state index < -0.39 is 11.9 Å². The summed E-state index contributed by atoms with van der Waals surface area (Å²) in [5.74, 6) is -0.685. The van der Waals surface area contributed by atoms with Gasteiger partial charge in [0.05, 0.1) is 5.92 Å². The largest absolute Gasteiger partial charge is 0.481 e. The molecule has 0 aliphatic carbocycles. The second-order valence-corrected chi connectivity index (χ2v) is 4.82. The molecule has 0 saturated carbocycles. The van der Waals surface area contributed by atoms with Crippen LogP contribution in [0.3, 0.4) is 0 Å². The van der Waals surface area contributed by atoms with E-state index in [-0.39, 0.29) is 0 Å². The zero-order valence-electron chi connectivity index (χ0n) is 10.7. The van der Waals surface area contributed by atoms with E-state index in [0.29, 0.717) is 5.92 Å². The maximum atomic E-state index is 10.9. The number of carbonyl (C=O) groups is 1. The number of aliphatic carboxylic acids is 1. The van der Waals surface area contributed by atoms with Crippen LogP contribution in [0.25, 0.3) is 6.08 Å². The maximum Gasteiger partial charge on any atom is 0.310 e. The summed E-state index contributed by atoms with van der Waals surface area (Å²) < 4.78 is 0. The highest BCUT2D eigenvalue weighted by Crippen LogP contribution is 2.22. The highest BCUT2D eigenvalue weighted by molar-refractivity contribution is 5.76. The van der Waals surface area contributed by atoms with Gasteiger partial charge in [-0.1, -0.05) is 44.7 Å². The fraction of sp³-hybridized carbons (Fsp3) is 0.400. The lowest BCUT2D eigenvalue weighted by Crippen LogP contribution is -2.08. The third-order valence-corrected chi connectivity index (χ3v) is 2.89. The van der Waals surface area contributed by atoms with Crippen LogP contribution < -0.4 is 0 Å². The molecule has 0 heterocycles. The third-order valence-electron chi connectivity index (χ3n) is 2.89. The minimum absolute atomic E-state index is 0.471. The van der Waals surface area contributed by atoms with Crippen molar-refractivity contribution >= 4 is 12.0 Å². The molecule has 0 radical (unpaired) electrons. The summed E-state index contributed by atoms with van der Waals surface area (Å²) in [6.45, 7) is 9.83. The van der Waals surface area contributed by atoms with Crippen molar-refractivity contribution in [3.63, 3.8) is 0 Å². The van der Waals surface area contributed by atoms with E-state index in [1.54, 1.807) is 13.0 Å². The number of carboxylic acid groups (broad SMARTS) is 1. The van der Waals surface area contributed by atoms with Gasteiger partial charge in [0, 0.05) is 0 Å². The first-order valence-electron chi connectivity index (χ1n) is 5.93. The Morgan fingerprint density at radius 2 is 2.06 bits per heavy atom. The molecular formula is C15H20O2. The van der Waals surface area contributed by atoms with Crippen LogP contribution in [-0.4, -0.2) is 11.1 Å². The van der Waals surface area contributed by atoms with E-state index in [4.69, 9.17) is 5.11 Å². The van der Waals surface area contributed by atoms with Gasteiger partial charge in [-0.25, -0.2) is 0 Å². The molecule has 17 heavy (non-hydrogen) atoms. The summed E-state index contributed by atoms with van der Waals surface area (Å²) in [6.07, 6.45) is 2.79. The Balaban J connectivity index is 3.08. The van der Waals surface area contributed by atoms with E-state index in [9.17, 15) is 4.79 Å². The van der Waals surface area contributed by atoms with Gasteiger partial charge in [-0.15, -0.1) is 0 Å². The predicted molar refractivity (Wildman–Crippen MR) is 71.1 cm³/mol. The maximum absolute atomic E-state index is 10.9. The van der Waals surface area contributed by atoms with Gasteiger partial charge < -0.3 is 5.11 Å². The molecule has 0 spiro atoms. The second-order valence-electron chi connectivity index (χ2n) is 4.82. The Bertz CT molecular complexity index is 419. The number of hydrogen-bond donors (Lipinski definition) is 1. The molecule has 1 atom stereocenters. The van der Waals surface area contributed by atoms with Crippen molar-refractivity contribution in [2.24, 2.45) is 5.92 Å². The van der Waals surface area contributed by atoms with Gasteiger partial charge in [0.2, 0.25) is 0 Å². The van der Waals surface area contributed by atoms with E-state index in [2.05, 4.69) is 20.4 Å². The van der Waals surface area contributed by atoms with Gasteiger partial charge in [0.15, 0.2) is 0 Å². The molecule has 1 N–H and O–H groups in total. The van der Waals surface area contributed by atoms with Crippen LogP contribution >= 0.6 is 0 Å². The normalized spacial score (nSPS) is 12.5. The molecule has 0 aliphatic rings. The Labute approximate surface area is 103 Å². The van der Waals surface area contributed by atoms with Crippen LogP contribution in [0, 0.1) is 5.92 Å². The van der Waals surface area contributed by atoms with Gasteiger partial charge in [-0.2, -0.15) is 0 Å². The lowest BCUT2D eigenvalue weighted by atomic mass is 9.92. The summed E-state index contributed by atoms with van der Waals surface area (Å²) in [5, 5.41) is 8.99. The zero-order chi connectivity index (χ0) is 13.0. The summed E-state index contributed by atoms with van der Waals surface area (Å²) in [6, 6.07) is 5.86. The van der Waals surface area contributed by atoms with Crippen LogP contribution in [0.5, 0.6) is 0 Å². The highest BCUT2D eigenvalue weighted by Gasteiger charge is 2.14. The van der Waals surface area contributed by atoms with Crippen LogP contribution in [0.4, 0.5) is 0 Å². The lowest BCUT2D eigenvalue weighted by molar-refractivity contribution is -0.138. The molecule has 0 aromatic heterocycles. The van der Waals surface area contributed by atoms with Crippen molar-refractivity contribution < 1.29 is 9.90 Å². The van der Waals surface area contributed by atoms with Crippen molar-refractivity contribution in [3.8, 4) is 0 Å². The predicted octanol–water partition coefficient (Wildman–Crippen LogP) is 3.72. The van der Waals surface area contributed by atoms with Crippen molar-refractivity contribution in [2.45, 2.75) is 33.1 Å². The summed E-state index contributed by atoms with van der Waals surface area (Å²) in [4.78, 5) is 10.9. The number of rotatable bonds is 5. The fourth-order valence-corrected chi connectivity index (χ4v) is 1.84. The van der Waals surface area contributed by atoms with E-state index in [1.165, 1.54) is 5.56 Å². The highest BCUT2D eigenvalue weighted by atomic mass is 16.4. The molecule has 0 saturated heterocycles. The van der Waals surface area contributed by atoms with Crippen LogP contribution in [0.15, 0.2) is 24.8 Å². The zero-order valence-corrected chi connectivity index (χ0v) is 10.7. The van der Waals surface area contributed by atoms with E-state index >= 15 is 0 Å². The average molecular weight is 232 g/mol. The van der Waals surface area contributed by atoms with Crippen LogP contribution in [0.2, 0.25) is 0 Å². The molecule has 1 aromatic rings. The standard InChI is InChI=1S/C15H20O2/c1-5-12-9-13(11(4)15(16)17)6-7-14(12)8-10(2)3/h5-7,9-11H,1,8H2,2-4H3,(H,16,17). The SMILES string of the molecule is C=Cc1cc(C(C)C(=O)O)ccc1CC(C)C. The summed E-state index contributed by atoms with van der Waals surface area (Å²) in [7, 11) is 0. The lowest BCUT2D eigenvalue weighted by Gasteiger charge is -2.13. The number of benzene rings is 1. The molecule has 2 nitrogen and oxygen atoms in total. The Hall–Kier alpha value is -1.57. The molecule has 0 fully saturated rings. The van der Waals surface area contributed by atoms with Crippen molar-refractivity contribution in [1.82, 2.24) is 0 Å². The first-order valence-corrected chi connectivity index (χ1v) is 5.93. The van der Waals surface area contributed by atoms with Gasteiger partial charge in [0.1, 0.15) is 0 Å². The summed E-state index contributed by atoms with van der Waals surface area (Å²) in [5.41, 5.74) is 3.11. The second kappa shape index (κ2) is 5.67. The molecule has 2 heteroatoms. The Morgan fingerprint density at radius 3 is 2.53 bits per heavy atom. The summed E-state index contributed by atoms with van der Waals surface area (Å²) >= 11 is 0. The number of hydrogen-bond acceptors (Lipinski definition) is 1. The third kappa shape index (κ3) is 3.45. The smallest absolute Gasteiger partial charge is 0.310 e. The Kier molecular flexibility index (Phi) is 4.50. The minimum Gasteiger partial charge on any atom is -0.481 e. The van der Waals surface area contributed by atoms with Crippen molar-refractivity contribution in [1.29, 1.82) is 0 Å². The van der Waals surface area contributed by atoms with E-state index in [1.807, 2.05) is 18.2 Å². The molecule has 0 bridgehead atoms. The van der Waals surface area contributed by atoms with Crippen LogP contribution in [0.1, 0.15) is 43.4 Å². The monoisotopic (exact) mass is 232 g/mol. The first-order chi connectivity index (χ1) is 7.95. The quantitative estimate of drug-likeness (QED) is 0.840. The van der Waals surface area contributed by atoms with Crippen LogP contribution in [-0.2, 0) is 11.2 Å². The van der Waals surface area contributed by atoms with Gasteiger partial charge in [-0.05, 0) is 36.0 Å². The molecule has 1 rings (SSSR count). The molecule has 1 aromatic carbocycles. The Morgan fingerprint density at radius 1 is 1.41 bits per heavy atom. The van der Waals surface area contributed by atoms with Gasteiger partial charge in [-0.3, -0.25) is 4.79 Å². The van der Waals surface area contributed by atoms with Gasteiger partial charge in [0.25, 0.3) is 0 Å².